The Balaban J connectivity index is 2.63. The SMILES string of the molecule is CC(OC=O)Oc1ccccc1N. The number of hydrogen-bond acceptors (Lipinski definition) is 4. The first-order chi connectivity index (χ1) is 6.24. The van der Waals surface area contributed by atoms with Crippen molar-refractivity contribution < 1.29 is 14.3 Å². The molecule has 70 valence electrons. The predicted molar refractivity (Wildman–Crippen MR) is 48.1 cm³/mol. The smallest absolute Gasteiger partial charge is 0.296 e. The molecule has 1 aromatic rings. The number of benzene rings is 1. The first-order valence-corrected chi connectivity index (χ1v) is 3.84. The zero-order chi connectivity index (χ0) is 9.68. The van der Waals surface area contributed by atoms with Crippen LogP contribution in [0.15, 0.2) is 24.3 Å². The maximum Gasteiger partial charge on any atom is 0.296 e. The molecule has 0 aliphatic carbocycles. The summed E-state index contributed by atoms with van der Waals surface area (Å²) in [5, 5.41) is 0. The molecule has 13 heavy (non-hydrogen) atoms. The highest BCUT2D eigenvalue weighted by Gasteiger charge is 2.04. The summed E-state index contributed by atoms with van der Waals surface area (Å²) in [5.41, 5.74) is 6.11. The predicted octanol–water partition coefficient (Wildman–Crippen LogP) is 1.17. The van der Waals surface area contributed by atoms with Gasteiger partial charge in [0.25, 0.3) is 6.47 Å². The van der Waals surface area contributed by atoms with Gasteiger partial charge in [0.1, 0.15) is 5.75 Å². The lowest BCUT2D eigenvalue weighted by molar-refractivity contribution is -0.145. The van der Waals surface area contributed by atoms with Gasteiger partial charge >= 0.3 is 0 Å². The van der Waals surface area contributed by atoms with Crippen LogP contribution >= 0.6 is 0 Å². The molecule has 4 nitrogen and oxygen atoms in total. The molecule has 0 amide bonds. The Morgan fingerprint density at radius 1 is 1.46 bits per heavy atom. The zero-order valence-corrected chi connectivity index (χ0v) is 7.27. The molecule has 0 fully saturated rings. The molecule has 0 saturated heterocycles. The topological polar surface area (TPSA) is 61.5 Å². The Hall–Kier alpha value is -1.71. The molecular weight excluding hydrogens is 170 g/mol. The number of nitrogen functional groups attached to an aromatic ring is 1. The Bertz CT molecular complexity index is 288. The van der Waals surface area contributed by atoms with Crippen molar-refractivity contribution in [3.63, 3.8) is 0 Å². The number of ether oxygens (including phenoxy) is 2. The van der Waals surface area contributed by atoms with Gasteiger partial charge in [0.2, 0.25) is 6.29 Å². The van der Waals surface area contributed by atoms with E-state index in [1.165, 1.54) is 0 Å². The van der Waals surface area contributed by atoms with Gasteiger partial charge in [-0.25, -0.2) is 0 Å². The minimum Gasteiger partial charge on any atom is -0.453 e. The van der Waals surface area contributed by atoms with Crippen molar-refractivity contribution in [2.75, 3.05) is 5.73 Å². The fourth-order valence-electron chi connectivity index (χ4n) is 0.873. The Morgan fingerprint density at radius 3 is 2.77 bits per heavy atom. The lowest BCUT2D eigenvalue weighted by atomic mass is 10.3. The summed E-state index contributed by atoms with van der Waals surface area (Å²) >= 11 is 0. The molecule has 0 heterocycles. The van der Waals surface area contributed by atoms with Crippen LogP contribution in [0.3, 0.4) is 0 Å². The van der Waals surface area contributed by atoms with Gasteiger partial charge in [-0.2, -0.15) is 0 Å². The van der Waals surface area contributed by atoms with E-state index in [0.717, 1.165) is 0 Å². The summed E-state index contributed by atoms with van der Waals surface area (Å²) < 4.78 is 9.75. The third-order valence-electron chi connectivity index (χ3n) is 1.46. The van der Waals surface area contributed by atoms with Gasteiger partial charge in [0.15, 0.2) is 0 Å². The van der Waals surface area contributed by atoms with Gasteiger partial charge in [0.05, 0.1) is 5.69 Å². The highest BCUT2D eigenvalue weighted by atomic mass is 16.7. The standard InChI is InChI=1S/C9H11NO3/c1-7(12-6-11)13-9-5-3-2-4-8(9)10/h2-7H,10H2,1H3. The molecule has 0 saturated carbocycles. The molecular formula is C9H11NO3. The van der Waals surface area contributed by atoms with Crippen LogP contribution in [0.5, 0.6) is 5.75 Å². The van der Waals surface area contributed by atoms with E-state index in [4.69, 9.17) is 10.5 Å². The van der Waals surface area contributed by atoms with Crippen LogP contribution in [0.4, 0.5) is 5.69 Å². The molecule has 0 radical (unpaired) electrons. The second-order valence-electron chi connectivity index (χ2n) is 2.46. The van der Waals surface area contributed by atoms with Crippen LogP contribution in [0.25, 0.3) is 0 Å². The van der Waals surface area contributed by atoms with Crippen molar-refractivity contribution in [1.29, 1.82) is 0 Å². The van der Waals surface area contributed by atoms with E-state index in [-0.39, 0.29) is 0 Å². The van der Waals surface area contributed by atoms with Crippen molar-refractivity contribution in [3.05, 3.63) is 24.3 Å². The van der Waals surface area contributed by atoms with Gasteiger partial charge < -0.3 is 15.2 Å². The van der Waals surface area contributed by atoms with Crippen molar-refractivity contribution in [1.82, 2.24) is 0 Å². The number of carbonyl (C=O) groups is 1. The van der Waals surface area contributed by atoms with E-state index in [1.807, 2.05) is 0 Å². The number of nitrogens with two attached hydrogens (primary N) is 1. The molecule has 2 N–H and O–H groups in total. The van der Waals surface area contributed by atoms with E-state index in [2.05, 4.69) is 4.74 Å². The average Bonchev–Trinajstić information content (AvgIpc) is 2.09. The molecule has 0 bridgehead atoms. The summed E-state index contributed by atoms with van der Waals surface area (Å²) in [6.07, 6.45) is -0.623. The van der Waals surface area contributed by atoms with E-state index in [9.17, 15) is 4.79 Å². The maximum absolute atomic E-state index is 9.96. The van der Waals surface area contributed by atoms with Crippen molar-refractivity contribution in [2.24, 2.45) is 0 Å². The molecule has 0 aliphatic heterocycles. The lowest BCUT2D eigenvalue weighted by Crippen LogP contribution is -2.15. The minimum atomic E-state index is -0.623. The normalized spacial score (nSPS) is 11.8. The van der Waals surface area contributed by atoms with Gasteiger partial charge in [-0.1, -0.05) is 12.1 Å². The fourth-order valence-corrected chi connectivity index (χ4v) is 0.873. The lowest BCUT2D eigenvalue weighted by Gasteiger charge is -2.13. The van der Waals surface area contributed by atoms with E-state index in [0.29, 0.717) is 17.9 Å². The van der Waals surface area contributed by atoms with Crippen LogP contribution in [0, 0.1) is 0 Å². The highest BCUT2D eigenvalue weighted by molar-refractivity contribution is 5.51. The van der Waals surface area contributed by atoms with Crippen LogP contribution in [-0.4, -0.2) is 12.8 Å². The number of para-hydroxylation sites is 2. The van der Waals surface area contributed by atoms with Gasteiger partial charge in [-0.05, 0) is 12.1 Å². The maximum atomic E-state index is 9.96. The molecule has 0 aromatic heterocycles. The van der Waals surface area contributed by atoms with Gasteiger partial charge in [0, 0.05) is 6.92 Å². The largest absolute Gasteiger partial charge is 0.453 e. The number of anilines is 1. The van der Waals surface area contributed by atoms with E-state index >= 15 is 0 Å². The highest BCUT2D eigenvalue weighted by Crippen LogP contribution is 2.20. The Morgan fingerprint density at radius 2 is 2.15 bits per heavy atom. The van der Waals surface area contributed by atoms with E-state index in [1.54, 1.807) is 31.2 Å². The Kier molecular flexibility index (Phi) is 3.14. The molecule has 1 atom stereocenters. The minimum absolute atomic E-state index is 0.337. The second-order valence-corrected chi connectivity index (χ2v) is 2.46. The van der Waals surface area contributed by atoms with E-state index < -0.39 is 6.29 Å². The average molecular weight is 181 g/mol. The number of rotatable bonds is 4. The van der Waals surface area contributed by atoms with Crippen LogP contribution < -0.4 is 10.5 Å². The summed E-state index contributed by atoms with van der Waals surface area (Å²) in [7, 11) is 0. The zero-order valence-electron chi connectivity index (χ0n) is 7.27. The first kappa shape index (κ1) is 9.38. The summed E-state index contributed by atoms with van der Waals surface area (Å²) in [4.78, 5) is 9.96. The van der Waals surface area contributed by atoms with Gasteiger partial charge in [-0.15, -0.1) is 0 Å². The van der Waals surface area contributed by atoms with Gasteiger partial charge in [-0.3, -0.25) is 4.79 Å². The monoisotopic (exact) mass is 181 g/mol. The Labute approximate surface area is 76.3 Å². The quantitative estimate of drug-likeness (QED) is 0.430. The number of hydrogen-bond donors (Lipinski definition) is 1. The van der Waals surface area contributed by atoms with Crippen LogP contribution in [-0.2, 0) is 9.53 Å². The van der Waals surface area contributed by atoms with Crippen molar-refractivity contribution >= 4 is 12.2 Å². The molecule has 1 unspecified atom stereocenters. The van der Waals surface area contributed by atoms with Crippen LogP contribution in [0.1, 0.15) is 6.92 Å². The number of carbonyl (C=O) groups excluding carboxylic acids is 1. The molecule has 1 aromatic carbocycles. The van der Waals surface area contributed by atoms with Crippen molar-refractivity contribution in [2.45, 2.75) is 13.2 Å². The summed E-state index contributed by atoms with van der Waals surface area (Å²) in [6, 6.07) is 7.01. The molecule has 0 spiro atoms. The van der Waals surface area contributed by atoms with Crippen molar-refractivity contribution in [3.8, 4) is 5.75 Å². The third-order valence-corrected chi connectivity index (χ3v) is 1.46. The van der Waals surface area contributed by atoms with Crippen LogP contribution in [0.2, 0.25) is 0 Å². The second kappa shape index (κ2) is 4.35. The third kappa shape index (κ3) is 2.66. The first-order valence-electron chi connectivity index (χ1n) is 3.84. The molecule has 4 heteroatoms. The molecule has 0 aliphatic rings. The summed E-state index contributed by atoms with van der Waals surface area (Å²) in [6.45, 7) is 1.95. The molecule has 1 rings (SSSR count). The summed E-state index contributed by atoms with van der Waals surface area (Å²) in [5.74, 6) is 0.511. The fraction of sp³-hybridized carbons (Fsp3) is 0.222.